The standard InChI is InChI=1S/C55H66N12O19S2/c1-4-27-5-12-32(13-6-27)67-23-31(20-58-67)53-64-63-52(87-53)30-10-8-29(9-11-30)47(76)59-35-17-33(69)21-57-51(80)45-46(75)25(2)22-66(45)55(82)44(39(73)19-41(56)74)62-50(79)43(38(72)15-28-7-14-37(71)40(16-28)84-88-86-85-83)61-49(78)36-18-34(70)24-65(36)54(81)42(26(3)68)60-48(35)77/h5-14,16,20,23,25-26,31,33-36,38-39,42-46,68-70,72-73,75H,4,15,17-19,21-22,24H2,1-3H3,(H8-,56,57,59,60,61,62,71,74,76,77,78,79,80,83)/p+1. The summed E-state index contributed by atoms with van der Waals surface area (Å²) in [5, 5.41) is 117. The SMILES string of the molecule is CCc1ccc([N+]2=CC(c3nnc(-c4ccc(C(=O)NC5CC(O)CNC(=O)C6C(O)C(C)CN6C(=O)C(C(O)CC(N)=O)NC(=O)C(C(O)Cc6ccc(O)c(OSOOO)c6)NC(=O)C6CC(O)CN6C(=O)C(C(C)O)NC5=O)cc4)s3)C=N2)cc1. The Kier molecular flexibility index (Phi) is 21.9. The Morgan fingerprint density at radius 2 is 1.51 bits per heavy atom. The number of primary amides is 1. The lowest BCUT2D eigenvalue weighted by atomic mass is 9.98. The van der Waals surface area contributed by atoms with E-state index >= 15 is 0 Å². The third kappa shape index (κ3) is 15.8. The quantitative estimate of drug-likeness (QED) is 0.0166. The van der Waals surface area contributed by atoms with Crippen LogP contribution in [-0.2, 0) is 55.8 Å². The van der Waals surface area contributed by atoms with Gasteiger partial charge in [0.2, 0.25) is 47.0 Å². The van der Waals surface area contributed by atoms with Crippen LogP contribution >= 0.6 is 23.7 Å². The molecule has 1 aromatic heterocycles. The Morgan fingerprint density at radius 3 is 2.19 bits per heavy atom. The molecule has 33 heteroatoms. The fourth-order valence-electron chi connectivity index (χ4n) is 10.4. The third-order valence-corrected chi connectivity index (χ3v) is 16.6. The molecule has 3 aromatic carbocycles. The number of hydrogen-bond donors (Lipinski definition) is 14. The van der Waals surface area contributed by atoms with Crippen LogP contribution in [0.1, 0.15) is 72.4 Å². The van der Waals surface area contributed by atoms with Gasteiger partial charge in [0.1, 0.15) is 52.2 Å². The van der Waals surface area contributed by atoms with Crippen LogP contribution in [0.2, 0.25) is 0 Å². The second-order valence-corrected chi connectivity index (χ2v) is 23.0. The van der Waals surface area contributed by atoms with E-state index in [1.165, 1.54) is 42.0 Å². The van der Waals surface area contributed by atoms with Crippen molar-refractivity contribution in [2.75, 3.05) is 19.6 Å². The first-order chi connectivity index (χ1) is 41.9. The summed E-state index contributed by atoms with van der Waals surface area (Å²) in [4.78, 5) is 115. The van der Waals surface area contributed by atoms with Gasteiger partial charge in [0.05, 0.1) is 49.3 Å². The van der Waals surface area contributed by atoms with E-state index in [4.69, 9.17) is 15.2 Å². The smallest absolute Gasteiger partial charge is 0.261 e. The fourth-order valence-corrected chi connectivity index (χ4v) is 11.6. The highest BCUT2D eigenvalue weighted by Gasteiger charge is 2.50. The number of nitrogens with one attached hydrogen (secondary N) is 5. The molecule has 472 valence electrons. The summed E-state index contributed by atoms with van der Waals surface area (Å²) in [6.07, 6.45) is -9.10. The van der Waals surface area contributed by atoms with E-state index in [1.54, 1.807) is 23.0 Å². The first kappa shape index (κ1) is 65.9. The van der Waals surface area contributed by atoms with Crippen molar-refractivity contribution < 1.29 is 97.6 Å². The molecule has 14 atom stereocenters. The predicted octanol–water partition coefficient (Wildman–Crippen LogP) is -2.84. The van der Waals surface area contributed by atoms with Crippen molar-refractivity contribution in [3.8, 4) is 22.1 Å². The summed E-state index contributed by atoms with van der Waals surface area (Å²) < 4.78 is 11.0. The Bertz CT molecular complexity index is 3280. The molecule has 3 fully saturated rings. The monoisotopic (exact) mass is 1260 g/mol. The van der Waals surface area contributed by atoms with Crippen molar-refractivity contribution >= 4 is 89.0 Å². The van der Waals surface area contributed by atoms with Gasteiger partial charge in [-0.3, -0.25) is 38.4 Å². The van der Waals surface area contributed by atoms with E-state index in [-0.39, 0.29) is 35.1 Å². The van der Waals surface area contributed by atoms with E-state index in [2.05, 4.69) is 58.2 Å². The predicted molar refractivity (Wildman–Crippen MR) is 308 cm³/mol. The highest BCUT2D eigenvalue weighted by atomic mass is 32.2. The van der Waals surface area contributed by atoms with Crippen LogP contribution in [0.5, 0.6) is 11.5 Å². The van der Waals surface area contributed by atoms with Crippen LogP contribution in [0.3, 0.4) is 0 Å². The molecular formula is C55H67N12O19S2+. The average molecular weight is 1260 g/mol. The van der Waals surface area contributed by atoms with E-state index in [9.17, 15) is 74.1 Å². The number of phenolic OH excluding ortho intramolecular Hbond substituents is 1. The van der Waals surface area contributed by atoms with Crippen LogP contribution in [-0.4, -0.2) is 218 Å². The number of aryl methyl sites for hydroxylation is 1. The lowest BCUT2D eigenvalue weighted by Gasteiger charge is -2.33. The van der Waals surface area contributed by atoms with Crippen molar-refractivity contribution in [2.24, 2.45) is 16.8 Å². The Hall–Kier alpha value is -8.09. The number of hydrazone groups is 1. The molecule has 8 amide bonds. The number of phenols is 1. The Labute approximate surface area is 509 Å². The molecule has 8 rings (SSSR count). The topological polar surface area (TPSA) is 460 Å². The zero-order valence-electron chi connectivity index (χ0n) is 47.4. The maximum absolute atomic E-state index is 14.7. The van der Waals surface area contributed by atoms with E-state index < -0.39 is 177 Å². The molecule has 14 unspecified atom stereocenters. The minimum Gasteiger partial charge on any atom is -0.504 e. The highest BCUT2D eigenvalue weighted by molar-refractivity contribution is 7.90. The minimum atomic E-state index is -2.22. The lowest BCUT2D eigenvalue weighted by Crippen LogP contribution is -2.64. The van der Waals surface area contributed by atoms with Gasteiger partial charge >= 0.3 is 0 Å². The third-order valence-electron chi connectivity index (χ3n) is 15.2. The number of nitrogens with zero attached hydrogens (tertiary/aromatic N) is 6. The number of nitrogens with two attached hydrogens (primary N) is 1. The Balaban J connectivity index is 1.08. The van der Waals surface area contributed by atoms with Crippen molar-refractivity contribution in [1.82, 2.24) is 46.6 Å². The summed E-state index contributed by atoms with van der Waals surface area (Å²) in [5.74, 6) is -11.4. The normalized spacial score (nSPS) is 26.8. The number of aliphatic hydroxyl groups excluding tert-OH is 6. The largest absolute Gasteiger partial charge is 0.504 e. The molecule has 3 saturated heterocycles. The molecule has 31 nitrogen and oxygen atoms in total. The molecule has 0 spiro atoms. The summed E-state index contributed by atoms with van der Waals surface area (Å²) in [6, 6.07) is 5.84. The molecule has 0 saturated carbocycles. The van der Waals surface area contributed by atoms with Crippen molar-refractivity contribution in [3.05, 3.63) is 88.4 Å². The van der Waals surface area contributed by atoms with E-state index in [0.29, 0.717) is 15.6 Å². The van der Waals surface area contributed by atoms with Crippen molar-refractivity contribution in [1.29, 1.82) is 0 Å². The van der Waals surface area contributed by atoms with Gasteiger partial charge in [-0.2, -0.15) is 0 Å². The molecule has 15 N–H and O–H groups in total. The number of fused-ring (bicyclic) bond motifs is 2. The zero-order chi connectivity index (χ0) is 63.7. The van der Waals surface area contributed by atoms with Crippen LogP contribution in [0.4, 0.5) is 5.69 Å². The maximum Gasteiger partial charge on any atom is 0.261 e. The molecule has 0 aliphatic carbocycles. The number of aliphatic hydroxyl groups is 6. The molecule has 4 aliphatic rings. The molecule has 88 heavy (non-hydrogen) atoms. The van der Waals surface area contributed by atoms with Crippen molar-refractivity contribution in [3.63, 3.8) is 0 Å². The number of β-amino-alcohol motifs (C(OH)–C–C–N with tert-alkyl or cyclic N) is 1. The number of rotatable bonds is 17. The Morgan fingerprint density at radius 1 is 0.830 bits per heavy atom. The molecule has 5 heterocycles. The lowest BCUT2D eigenvalue weighted by molar-refractivity contribution is -0.437. The van der Waals surface area contributed by atoms with Crippen LogP contribution in [0.25, 0.3) is 10.6 Å². The second kappa shape index (κ2) is 29.3. The number of aromatic nitrogens is 2. The number of amides is 8. The zero-order valence-corrected chi connectivity index (χ0v) is 49.0. The average Bonchev–Trinajstić information content (AvgIpc) is 1.93. The van der Waals surface area contributed by atoms with E-state index in [0.717, 1.165) is 41.0 Å². The van der Waals surface area contributed by atoms with Gasteiger partial charge in [-0.25, -0.2) is 5.26 Å². The number of carbonyl (C=O) groups is 8. The number of benzene rings is 3. The molecule has 0 radical (unpaired) electrons. The molecule has 4 aliphatic heterocycles. The molecular weight excluding hydrogens is 1200 g/mol. The van der Waals surface area contributed by atoms with Gasteiger partial charge in [0.15, 0.2) is 17.7 Å². The van der Waals surface area contributed by atoms with Gasteiger partial charge in [-0.15, -0.1) is 10.2 Å². The van der Waals surface area contributed by atoms with Crippen LogP contribution < -0.4 is 36.5 Å². The number of aromatic hydroxyl groups is 1. The van der Waals surface area contributed by atoms with Crippen LogP contribution in [0, 0.1) is 5.92 Å². The first-order valence-electron chi connectivity index (χ1n) is 27.8. The van der Waals surface area contributed by atoms with E-state index in [1.807, 2.05) is 30.5 Å². The number of hydrogen-bond acceptors (Lipinski definition) is 24. The number of carbonyl (C=O) groups excluding carboxylic acids is 8. The van der Waals surface area contributed by atoms with Gasteiger partial charge < -0.3 is 82.0 Å². The summed E-state index contributed by atoms with van der Waals surface area (Å²) in [7, 11) is 0. The van der Waals surface area contributed by atoms with Gasteiger partial charge in [0, 0.05) is 68.1 Å². The fraction of sp³-hybridized carbons (Fsp3) is 0.455. The second-order valence-electron chi connectivity index (χ2n) is 21.6. The molecule has 4 aromatic rings. The van der Waals surface area contributed by atoms with Gasteiger partial charge in [-0.05, 0) is 53.8 Å². The highest BCUT2D eigenvalue weighted by Crippen LogP contribution is 2.33. The molecule has 0 bridgehead atoms. The van der Waals surface area contributed by atoms with Crippen molar-refractivity contribution in [2.45, 2.75) is 132 Å². The van der Waals surface area contributed by atoms with Gasteiger partial charge in [-0.1, -0.05) is 69.6 Å². The summed E-state index contributed by atoms with van der Waals surface area (Å²) >= 11 is 1.35. The summed E-state index contributed by atoms with van der Waals surface area (Å²) in [6.45, 7) is 2.92. The first-order valence-corrected chi connectivity index (χ1v) is 29.2. The minimum absolute atomic E-state index is 0.000975. The van der Waals surface area contributed by atoms with Gasteiger partial charge in [0.25, 0.3) is 18.2 Å². The maximum atomic E-state index is 14.7. The summed E-state index contributed by atoms with van der Waals surface area (Å²) in [5.41, 5.74) is 8.12. The van der Waals surface area contributed by atoms with Crippen LogP contribution in [0.15, 0.2) is 71.8 Å².